The molecule has 5 heteroatoms. The van der Waals surface area contributed by atoms with Crippen molar-refractivity contribution >= 4 is 17.5 Å². The minimum atomic E-state index is -0.312. The van der Waals surface area contributed by atoms with Gasteiger partial charge in [-0.25, -0.2) is 0 Å². The predicted molar refractivity (Wildman–Crippen MR) is 74.0 cm³/mol. The fourth-order valence-corrected chi connectivity index (χ4v) is 2.37. The molecule has 0 aliphatic rings. The summed E-state index contributed by atoms with van der Waals surface area (Å²) in [5.41, 5.74) is 0. The molecule has 2 aromatic rings. The molecule has 1 aromatic carbocycles. The summed E-state index contributed by atoms with van der Waals surface area (Å²) < 4.78 is 5.14. The van der Waals surface area contributed by atoms with E-state index < -0.39 is 0 Å². The van der Waals surface area contributed by atoms with Crippen LogP contribution < -0.4 is 0 Å². The van der Waals surface area contributed by atoms with Gasteiger partial charge in [0.25, 0.3) is 0 Å². The highest BCUT2D eigenvalue weighted by Crippen LogP contribution is 2.22. The van der Waals surface area contributed by atoms with Crippen molar-refractivity contribution < 1.29 is 9.32 Å². The van der Waals surface area contributed by atoms with Gasteiger partial charge in [-0.2, -0.15) is 4.98 Å². The Hall–Kier alpha value is -1.62. The van der Waals surface area contributed by atoms with Crippen molar-refractivity contribution in [2.24, 2.45) is 0 Å². The highest BCUT2D eigenvalue weighted by molar-refractivity contribution is 7.98. The van der Waals surface area contributed by atoms with Gasteiger partial charge in [0, 0.05) is 11.3 Å². The number of rotatable bonds is 6. The van der Waals surface area contributed by atoms with Crippen LogP contribution in [0.4, 0.5) is 0 Å². The van der Waals surface area contributed by atoms with Gasteiger partial charge in [0.05, 0.1) is 11.7 Å². The van der Waals surface area contributed by atoms with Crippen LogP contribution in [0, 0.1) is 0 Å². The normalized spacial score (nSPS) is 12.3. The van der Waals surface area contributed by atoms with Crippen LogP contribution in [-0.2, 0) is 10.5 Å². The second-order valence-electron chi connectivity index (χ2n) is 4.19. The molecule has 0 bridgehead atoms. The van der Waals surface area contributed by atoms with Crippen LogP contribution in [-0.4, -0.2) is 15.9 Å². The Morgan fingerprint density at radius 3 is 2.79 bits per heavy atom. The van der Waals surface area contributed by atoms with Crippen LogP contribution >= 0.6 is 11.8 Å². The van der Waals surface area contributed by atoms with Crippen molar-refractivity contribution in [3.05, 3.63) is 42.0 Å². The Morgan fingerprint density at radius 2 is 2.11 bits per heavy atom. The van der Waals surface area contributed by atoms with Crippen molar-refractivity contribution in [1.29, 1.82) is 0 Å². The summed E-state index contributed by atoms with van der Waals surface area (Å²) in [5.74, 6) is 1.48. The van der Waals surface area contributed by atoms with Gasteiger partial charge in [0.2, 0.25) is 5.89 Å². The monoisotopic (exact) mass is 276 g/mol. The van der Waals surface area contributed by atoms with Crippen molar-refractivity contribution in [2.45, 2.75) is 36.8 Å². The van der Waals surface area contributed by atoms with Gasteiger partial charge in [0.15, 0.2) is 5.82 Å². The third-order valence-electron chi connectivity index (χ3n) is 2.80. The topological polar surface area (TPSA) is 56.0 Å². The quantitative estimate of drug-likeness (QED) is 0.756. The van der Waals surface area contributed by atoms with E-state index in [9.17, 15) is 4.79 Å². The lowest BCUT2D eigenvalue weighted by molar-refractivity contribution is -0.120. The van der Waals surface area contributed by atoms with Gasteiger partial charge in [-0.3, -0.25) is 4.79 Å². The van der Waals surface area contributed by atoms with Crippen molar-refractivity contribution in [3.8, 4) is 0 Å². The number of aromatic nitrogens is 2. The van der Waals surface area contributed by atoms with E-state index in [-0.39, 0.29) is 11.7 Å². The van der Waals surface area contributed by atoms with E-state index in [1.54, 1.807) is 18.7 Å². The number of benzene rings is 1. The molecule has 0 saturated carbocycles. The lowest BCUT2D eigenvalue weighted by Gasteiger charge is -2.01. The predicted octanol–water partition coefficient (Wildman–Crippen LogP) is 3.44. The largest absolute Gasteiger partial charge is 0.339 e. The second-order valence-corrected chi connectivity index (χ2v) is 5.24. The molecule has 1 unspecified atom stereocenters. The molecular weight excluding hydrogens is 260 g/mol. The maximum atomic E-state index is 11.6. The van der Waals surface area contributed by atoms with Crippen LogP contribution in [0.1, 0.15) is 37.9 Å². The Balaban J connectivity index is 1.96. The molecule has 2 rings (SSSR count). The molecule has 0 amide bonds. The third kappa shape index (κ3) is 3.67. The molecule has 1 aromatic heterocycles. The molecule has 0 N–H and O–H groups in total. The van der Waals surface area contributed by atoms with Crippen LogP contribution in [0.5, 0.6) is 0 Å². The van der Waals surface area contributed by atoms with Crippen molar-refractivity contribution in [1.82, 2.24) is 10.1 Å². The molecule has 0 aliphatic heterocycles. The van der Waals surface area contributed by atoms with Gasteiger partial charge in [-0.15, -0.1) is 11.8 Å². The molecule has 0 aliphatic carbocycles. The van der Waals surface area contributed by atoms with Crippen LogP contribution in [0.2, 0.25) is 0 Å². The number of nitrogens with zero attached hydrogens (tertiary/aromatic N) is 2. The van der Waals surface area contributed by atoms with Gasteiger partial charge in [0.1, 0.15) is 5.78 Å². The summed E-state index contributed by atoms with van der Waals surface area (Å²) in [6.07, 6.45) is 0.484. The van der Waals surface area contributed by atoms with Gasteiger partial charge >= 0.3 is 0 Å². The van der Waals surface area contributed by atoms with E-state index in [4.69, 9.17) is 4.52 Å². The van der Waals surface area contributed by atoms with E-state index in [0.717, 1.165) is 4.90 Å². The lowest BCUT2D eigenvalue weighted by Crippen LogP contribution is -2.07. The van der Waals surface area contributed by atoms with E-state index in [1.807, 2.05) is 37.3 Å². The zero-order valence-corrected chi connectivity index (χ0v) is 11.8. The molecule has 4 nitrogen and oxygen atoms in total. The fourth-order valence-electron chi connectivity index (χ4n) is 1.61. The first-order valence-electron chi connectivity index (χ1n) is 6.23. The van der Waals surface area contributed by atoms with E-state index in [0.29, 0.717) is 23.9 Å². The molecule has 0 spiro atoms. The average molecular weight is 276 g/mol. The Kier molecular flexibility index (Phi) is 4.74. The SMILES string of the molecule is CCC(=O)C(C)c1nc(CSc2ccccc2)no1. The number of ketones is 1. The van der Waals surface area contributed by atoms with Crippen LogP contribution in [0.15, 0.2) is 39.8 Å². The first kappa shape index (κ1) is 13.8. The summed E-state index contributed by atoms with van der Waals surface area (Å²) in [6.45, 7) is 3.63. The second kappa shape index (κ2) is 6.52. The molecule has 0 fully saturated rings. The summed E-state index contributed by atoms with van der Waals surface area (Å²) in [7, 11) is 0. The molecular formula is C14H16N2O2S. The van der Waals surface area contributed by atoms with E-state index >= 15 is 0 Å². The molecule has 100 valence electrons. The third-order valence-corrected chi connectivity index (χ3v) is 3.80. The fraction of sp³-hybridized carbons (Fsp3) is 0.357. The van der Waals surface area contributed by atoms with Crippen molar-refractivity contribution in [2.75, 3.05) is 0 Å². The first-order valence-corrected chi connectivity index (χ1v) is 7.22. The van der Waals surface area contributed by atoms with Crippen LogP contribution in [0.3, 0.4) is 0 Å². The summed E-state index contributed by atoms with van der Waals surface area (Å²) in [6, 6.07) is 10.0. The first-order chi connectivity index (χ1) is 9.20. The maximum Gasteiger partial charge on any atom is 0.236 e. The zero-order chi connectivity index (χ0) is 13.7. The molecule has 0 saturated heterocycles. The number of thioether (sulfide) groups is 1. The van der Waals surface area contributed by atoms with E-state index in [1.165, 1.54) is 0 Å². The zero-order valence-electron chi connectivity index (χ0n) is 11.0. The average Bonchev–Trinajstić information content (AvgIpc) is 2.93. The van der Waals surface area contributed by atoms with E-state index in [2.05, 4.69) is 10.1 Å². The molecule has 1 heterocycles. The Labute approximate surface area is 116 Å². The number of Topliss-reactive ketones (excluding diaryl/α,β-unsaturated/α-hetero) is 1. The van der Waals surface area contributed by atoms with Gasteiger partial charge in [-0.1, -0.05) is 30.3 Å². The van der Waals surface area contributed by atoms with Crippen molar-refractivity contribution in [3.63, 3.8) is 0 Å². The summed E-state index contributed by atoms with van der Waals surface area (Å²) >= 11 is 1.64. The van der Waals surface area contributed by atoms with Crippen LogP contribution in [0.25, 0.3) is 0 Å². The number of carbonyl (C=O) groups excluding carboxylic acids is 1. The highest BCUT2D eigenvalue weighted by Gasteiger charge is 2.20. The van der Waals surface area contributed by atoms with Gasteiger partial charge in [-0.05, 0) is 19.1 Å². The number of hydrogen-bond donors (Lipinski definition) is 0. The molecule has 0 radical (unpaired) electrons. The smallest absolute Gasteiger partial charge is 0.236 e. The number of carbonyl (C=O) groups is 1. The number of hydrogen-bond acceptors (Lipinski definition) is 5. The standard InChI is InChI=1S/C14H16N2O2S/c1-3-12(17)10(2)14-15-13(16-18-14)9-19-11-7-5-4-6-8-11/h4-8,10H,3,9H2,1-2H3. The molecule has 1 atom stereocenters. The molecule has 19 heavy (non-hydrogen) atoms. The van der Waals surface area contributed by atoms with Gasteiger partial charge < -0.3 is 4.52 Å². The minimum absolute atomic E-state index is 0.117. The Bertz CT molecular complexity index is 539. The lowest BCUT2D eigenvalue weighted by atomic mass is 10.1. The summed E-state index contributed by atoms with van der Waals surface area (Å²) in [4.78, 5) is 17.0. The highest BCUT2D eigenvalue weighted by atomic mass is 32.2. The maximum absolute atomic E-state index is 11.6. The minimum Gasteiger partial charge on any atom is -0.339 e. The summed E-state index contributed by atoms with van der Waals surface area (Å²) in [5, 5.41) is 3.91. The Morgan fingerprint density at radius 1 is 1.37 bits per heavy atom.